The van der Waals surface area contributed by atoms with Gasteiger partial charge in [-0.15, -0.1) is 0 Å². The highest BCUT2D eigenvalue weighted by atomic mass is 16.7. The summed E-state index contributed by atoms with van der Waals surface area (Å²) in [7, 11) is 0. The largest absolute Gasteiger partial charge is 0.476 e. The summed E-state index contributed by atoms with van der Waals surface area (Å²) in [6, 6.07) is 16.0. The zero-order valence-corrected chi connectivity index (χ0v) is 12.6. The summed E-state index contributed by atoms with van der Waals surface area (Å²) < 4.78 is 5.68. The Morgan fingerprint density at radius 2 is 1.83 bits per heavy atom. The molecule has 2 aromatic carbocycles. The Kier molecular flexibility index (Phi) is 4.14. The Labute approximate surface area is 133 Å². The van der Waals surface area contributed by atoms with Crippen LogP contribution in [0.25, 0.3) is 0 Å². The van der Waals surface area contributed by atoms with Crippen molar-refractivity contribution in [3.05, 3.63) is 54.6 Å². The van der Waals surface area contributed by atoms with E-state index in [9.17, 15) is 9.59 Å². The lowest BCUT2D eigenvalue weighted by Crippen LogP contribution is -2.50. The lowest BCUT2D eigenvalue weighted by Gasteiger charge is -2.33. The van der Waals surface area contributed by atoms with Gasteiger partial charge in [0.25, 0.3) is 5.91 Å². The number of para-hydroxylation sites is 3. The van der Waals surface area contributed by atoms with Crippen molar-refractivity contribution in [3.8, 4) is 11.5 Å². The van der Waals surface area contributed by atoms with E-state index in [1.54, 1.807) is 42.5 Å². The molecule has 2 aromatic rings. The summed E-state index contributed by atoms with van der Waals surface area (Å²) in [5, 5.41) is 0. The van der Waals surface area contributed by atoms with Crippen LogP contribution >= 0.6 is 0 Å². The summed E-state index contributed by atoms with van der Waals surface area (Å²) in [5.74, 6) is 0.409. The molecule has 1 N–H and O–H groups in total. The van der Waals surface area contributed by atoms with E-state index in [2.05, 4.69) is 5.48 Å². The van der Waals surface area contributed by atoms with E-state index in [0.717, 1.165) is 0 Å². The first kappa shape index (κ1) is 14.9. The number of hydroxylamine groups is 1. The maximum absolute atomic E-state index is 12.3. The number of hydrogen-bond donors (Lipinski definition) is 1. The summed E-state index contributed by atoms with van der Waals surface area (Å²) in [4.78, 5) is 30.8. The lowest BCUT2D eigenvalue weighted by atomic mass is 10.2. The molecule has 1 heterocycles. The van der Waals surface area contributed by atoms with Crippen molar-refractivity contribution in [2.24, 2.45) is 0 Å². The molecule has 2 amide bonds. The third-order valence-corrected chi connectivity index (χ3v) is 3.46. The second kappa shape index (κ2) is 6.39. The molecular weight excluding hydrogens is 296 g/mol. The summed E-state index contributed by atoms with van der Waals surface area (Å²) in [5.41, 5.74) is 3.02. The molecule has 1 aliphatic rings. The second-order valence-corrected chi connectivity index (χ2v) is 5.09. The Morgan fingerprint density at radius 1 is 1.13 bits per heavy atom. The first-order valence-corrected chi connectivity index (χ1v) is 7.20. The molecule has 1 aliphatic heterocycles. The van der Waals surface area contributed by atoms with Gasteiger partial charge in [0.05, 0.1) is 12.2 Å². The fourth-order valence-electron chi connectivity index (χ4n) is 2.33. The standard InChI is InChI=1S/C17H16N2O4/c1-12(20)19-11-16(22-15-10-6-5-9-14(15)19)17(21)18-23-13-7-3-2-4-8-13/h2-10,16H,11H2,1H3,(H,18,21). The van der Waals surface area contributed by atoms with Gasteiger partial charge in [0.2, 0.25) is 5.91 Å². The fourth-order valence-corrected chi connectivity index (χ4v) is 2.33. The number of amides is 2. The lowest BCUT2D eigenvalue weighted by molar-refractivity contribution is -0.135. The van der Waals surface area contributed by atoms with E-state index in [-0.39, 0.29) is 12.5 Å². The first-order chi connectivity index (χ1) is 11.1. The van der Waals surface area contributed by atoms with Gasteiger partial charge in [-0.25, -0.2) is 0 Å². The van der Waals surface area contributed by atoms with Gasteiger partial charge >= 0.3 is 0 Å². The molecule has 0 aromatic heterocycles. The zero-order valence-electron chi connectivity index (χ0n) is 12.6. The minimum Gasteiger partial charge on any atom is -0.476 e. The maximum Gasteiger partial charge on any atom is 0.295 e. The normalized spacial score (nSPS) is 16.0. The molecular formula is C17H16N2O4. The number of anilines is 1. The molecule has 1 unspecified atom stereocenters. The molecule has 0 spiro atoms. The van der Waals surface area contributed by atoms with Crippen molar-refractivity contribution in [2.45, 2.75) is 13.0 Å². The molecule has 0 bridgehead atoms. The van der Waals surface area contributed by atoms with Crippen LogP contribution in [0.3, 0.4) is 0 Å². The van der Waals surface area contributed by atoms with Gasteiger partial charge in [-0.1, -0.05) is 30.3 Å². The molecule has 0 fully saturated rings. The molecule has 0 radical (unpaired) electrons. The molecule has 3 rings (SSSR count). The summed E-state index contributed by atoms with van der Waals surface area (Å²) in [6.07, 6.45) is -0.836. The van der Waals surface area contributed by atoms with Gasteiger partial charge in [-0.3, -0.25) is 9.59 Å². The maximum atomic E-state index is 12.3. The van der Waals surface area contributed by atoms with E-state index < -0.39 is 12.0 Å². The van der Waals surface area contributed by atoms with Crippen LogP contribution in [0.15, 0.2) is 54.6 Å². The van der Waals surface area contributed by atoms with Crippen molar-refractivity contribution in [2.75, 3.05) is 11.4 Å². The van der Waals surface area contributed by atoms with Crippen molar-refractivity contribution in [1.82, 2.24) is 5.48 Å². The molecule has 6 heteroatoms. The molecule has 23 heavy (non-hydrogen) atoms. The minimum absolute atomic E-state index is 0.135. The number of ether oxygens (including phenoxy) is 1. The SMILES string of the molecule is CC(=O)N1CC(C(=O)NOc2ccccc2)Oc2ccccc21. The Morgan fingerprint density at radius 3 is 2.57 bits per heavy atom. The first-order valence-electron chi connectivity index (χ1n) is 7.20. The monoisotopic (exact) mass is 312 g/mol. The molecule has 0 aliphatic carbocycles. The van der Waals surface area contributed by atoms with Gasteiger partial charge in [0, 0.05) is 6.92 Å². The van der Waals surface area contributed by atoms with E-state index >= 15 is 0 Å². The highest BCUT2D eigenvalue weighted by Crippen LogP contribution is 2.33. The highest BCUT2D eigenvalue weighted by Gasteiger charge is 2.32. The van der Waals surface area contributed by atoms with Crippen molar-refractivity contribution < 1.29 is 19.2 Å². The topological polar surface area (TPSA) is 67.9 Å². The van der Waals surface area contributed by atoms with Gasteiger partial charge in [-0.05, 0) is 24.3 Å². The summed E-state index contributed by atoms with van der Waals surface area (Å²) >= 11 is 0. The van der Waals surface area contributed by atoms with E-state index in [1.165, 1.54) is 11.8 Å². The van der Waals surface area contributed by atoms with Crippen molar-refractivity contribution in [1.29, 1.82) is 0 Å². The number of carbonyl (C=O) groups excluding carboxylic acids is 2. The van der Waals surface area contributed by atoms with Crippen molar-refractivity contribution >= 4 is 17.5 Å². The average Bonchev–Trinajstić information content (AvgIpc) is 2.59. The number of hydrogen-bond acceptors (Lipinski definition) is 4. The molecule has 0 saturated heterocycles. The van der Waals surface area contributed by atoms with E-state index in [1.807, 2.05) is 12.1 Å². The van der Waals surface area contributed by atoms with Gasteiger partial charge in [0.1, 0.15) is 5.75 Å². The Hall–Kier alpha value is -3.02. The Bertz CT molecular complexity index is 718. The number of nitrogens with one attached hydrogen (secondary N) is 1. The fraction of sp³-hybridized carbons (Fsp3) is 0.176. The highest BCUT2D eigenvalue weighted by molar-refractivity contribution is 5.95. The number of nitrogens with zero attached hydrogens (tertiary/aromatic N) is 1. The predicted molar refractivity (Wildman–Crippen MR) is 84.1 cm³/mol. The van der Waals surface area contributed by atoms with Crippen LogP contribution in [0, 0.1) is 0 Å². The number of benzene rings is 2. The minimum atomic E-state index is -0.836. The smallest absolute Gasteiger partial charge is 0.295 e. The molecule has 0 saturated carbocycles. The van der Waals surface area contributed by atoms with Crippen LogP contribution in [0.1, 0.15) is 6.92 Å². The van der Waals surface area contributed by atoms with E-state index in [0.29, 0.717) is 17.2 Å². The molecule has 118 valence electrons. The van der Waals surface area contributed by atoms with Crippen LogP contribution in [-0.2, 0) is 9.59 Å². The van der Waals surface area contributed by atoms with E-state index in [4.69, 9.17) is 9.57 Å². The van der Waals surface area contributed by atoms with Crippen molar-refractivity contribution in [3.63, 3.8) is 0 Å². The van der Waals surface area contributed by atoms with Crippen LogP contribution in [0.4, 0.5) is 5.69 Å². The molecule has 1 atom stereocenters. The quantitative estimate of drug-likeness (QED) is 0.879. The number of fused-ring (bicyclic) bond motifs is 1. The third kappa shape index (κ3) is 3.26. The molecule has 6 nitrogen and oxygen atoms in total. The van der Waals surface area contributed by atoms with Gasteiger partial charge in [-0.2, -0.15) is 5.48 Å². The second-order valence-electron chi connectivity index (χ2n) is 5.09. The van der Waals surface area contributed by atoms with Gasteiger partial charge in [0.15, 0.2) is 11.9 Å². The number of carbonyl (C=O) groups is 2. The summed E-state index contributed by atoms with van der Waals surface area (Å²) in [6.45, 7) is 1.59. The predicted octanol–water partition coefficient (Wildman–Crippen LogP) is 1.91. The average molecular weight is 312 g/mol. The third-order valence-electron chi connectivity index (χ3n) is 3.46. The van der Waals surface area contributed by atoms with Crippen LogP contribution in [-0.4, -0.2) is 24.5 Å². The van der Waals surface area contributed by atoms with Gasteiger partial charge < -0.3 is 14.5 Å². The zero-order chi connectivity index (χ0) is 16.2. The Balaban J connectivity index is 1.71. The van der Waals surface area contributed by atoms with Crippen LogP contribution < -0.4 is 20.0 Å². The van der Waals surface area contributed by atoms with Crippen LogP contribution in [0.5, 0.6) is 11.5 Å². The van der Waals surface area contributed by atoms with Crippen LogP contribution in [0.2, 0.25) is 0 Å². The number of rotatable bonds is 3.